The molecule has 0 radical (unpaired) electrons. The molecule has 0 bridgehead atoms. The Balaban J connectivity index is 2.12. The Hall–Kier alpha value is -1.42. The van der Waals surface area contributed by atoms with E-state index in [4.69, 9.17) is 5.73 Å². The van der Waals surface area contributed by atoms with Crippen LogP contribution in [0.3, 0.4) is 0 Å². The van der Waals surface area contributed by atoms with E-state index in [2.05, 4.69) is 0 Å². The van der Waals surface area contributed by atoms with Crippen molar-refractivity contribution >= 4 is 5.91 Å². The lowest BCUT2D eigenvalue weighted by Crippen LogP contribution is -2.45. The summed E-state index contributed by atoms with van der Waals surface area (Å²) in [5.74, 6) is -0.358. The van der Waals surface area contributed by atoms with Crippen molar-refractivity contribution in [3.8, 4) is 0 Å². The molecule has 0 heterocycles. The standard InChI is InChI=1S/C16H23FN2O/c1-11(12-7-3-5-9-14(12)17)19(2)16(20)13-8-4-6-10-15(13)18/h3,5,7,9,11,13,15H,4,6,8,10,18H2,1-2H3. The quantitative estimate of drug-likeness (QED) is 0.924. The number of hydrogen-bond acceptors (Lipinski definition) is 2. The van der Waals surface area contributed by atoms with Gasteiger partial charge in [-0.15, -0.1) is 0 Å². The average Bonchev–Trinajstić information content (AvgIpc) is 2.46. The van der Waals surface area contributed by atoms with Gasteiger partial charge in [0.2, 0.25) is 5.91 Å². The molecular weight excluding hydrogens is 255 g/mol. The number of benzene rings is 1. The summed E-state index contributed by atoms with van der Waals surface area (Å²) in [7, 11) is 1.74. The summed E-state index contributed by atoms with van der Waals surface area (Å²) in [6.45, 7) is 1.85. The van der Waals surface area contributed by atoms with Crippen LogP contribution in [0.1, 0.15) is 44.2 Å². The molecule has 0 spiro atoms. The Morgan fingerprint density at radius 1 is 1.35 bits per heavy atom. The summed E-state index contributed by atoms with van der Waals surface area (Å²) >= 11 is 0. The third-order valence-corrected chi connectivity index (χ3v) is 4.42. The second-order valence-electron chi connectivity index (χ2n) is 5.70. The van der Waals surface area contributed by atoms with E-state index in [-0.39, 0.29) is 29.7 Å². The molecule has 1 aliphatic carbocycles. The summed E-state index contributed by atoms with van der Waals surface area (Å²) in [5, 5.41) is 0. The van der Waals surface area contributed by atoms with Gasteiger partial charge in [0.1, 0.15) is 5.82 Å². The number of rotatable bonds is 3. The maximum absolute atomic E-state index is 13.8. The lowest BCUT2D eigenvalue weighted by Gasteiger charge is -2.34. The molecule has 0 saturated heterocycles. The van der Waals surface area contributed by atoms with Crippen LogP contribution in [0.15, 0.2) is 24.3 Å². The lowest BCUT2D eigenvalue weighted by atomic mass is 9.84. The van der Waals surface area contributed by atoms with Crippen molar-refractivity contribution in [3.05, 3.63) is 35.6 Å². The highest BCUT2D eigenvalue weighted by Crippen LogP contribution is 2.28. The second-order valence-corrected chi connectivity index (χ2v) is 5.70. The van der Waals surface area contributed by atoms with Gasteiger partial charge in [-0.25, -0.2) is 4.39 Å². The molecular formula is C16H23FN2O. The molecule has 1 amide bonds. The fourth-order valence-electron chi connectivity index (χ4n) is 2.94. The maximum Gasteiger partial charge on any atom is 0.227 e. The fourth-order valence-corrected chi connectivity index (χ4v) is 2.94. The lowest BCUT2D eigenvalue weighted by molar-refractivity contribution is -0.137. The molecule has 3 unspecified atom stereocenters. The smallest absolute Gasteiger partial charge is 0.227 e. The third kappa shape index (κ3) is 3.01. The molecule has 3 nitrogen and oxygen atoms in total. The van der Waals surface area contributed by atoms with Crippen LogP contribution in [0, 0.1) is 11.7 Å². The summed E-state index contributed by atoms with van der Waals surface area (Å²) in [5.41, 5.74) is 6.61. The molecule has 1 aromatic carbocycles. The van der Waals surface area contributed by atoms with Crippen LogP contribution in [0.2, 0.25) is 0 Å². The molecule has 2 rings (SSSR count). The van der Waals surface area contributed by atoms with Crippen molar-refractivity contribution in [3.63, 3.8) is 0 Å². The molecule has 0 aliphatic heterocycles. The Bertz CT molecular complexity index is 477. The zero-order valence-electron chi connectivity index (χ0n) is 12.2. The molecule has 1 saturated carbocycles. The van der Waals surface area contributed by atoms with Gasteiger partial charge in [0.05, 0.1) is 12.0 Å². The number of halogens is 1. The van der Waals surface area contributed by atoms with Crippen molar-refractivity contribution in [2.24, 2.45) is 11.7 Å². The van der Waals surface area contributed by atoms with E-state index in [0.717, 1.165) is 25.7 Å². The first-order valence-electron chi connectivity index (χ1n) is 7.29. The van der Waals surface area contributed by atoms with Crippen molar-refractivity contribution in [1.82, 2.24) is 4.90 Å². The van der Waals surface area contributed by atoms with Crippen molar-refractivity contribution in [1.29, 1.82) is 0 Å². The summed E-state index contributed by atoms with van der Waals surface area (Å²) in [4.78, 5) is 14.2. The number of hydrogen-bond donors (Lipinski definition) is 1. The average molecular weight is 278 g/mol. The summed E-state index contributed by atoms with van der Waals surface area (Å²) in [6, 6.07) is 6.26. The van der Waals surface area contributed by atoms with Gasteiger partial charge in [0.25, 0.3) is 0 Å². The van der Waals surface area contributed by atoms with Crippen molar-refractivity contribution in [2.45, 2.75) is 44.7 Å². The monoisotopic (exact) mass is 278 g/mol. The predicted octanol–water partition coefficient (Wildman–Crippen LogP) is 2.86. The largest absolute Gasteiger partial charge is 0.339 e. The first-order chi connectivity index (χ1) is 9.52. The highest BCUT2D eigenvalue weighted by molar-refractivity contribution is 5.79. The Morgan fingerprint density at radius 3 is 2.65 bits per heavy atom. The first-order valence-corrected chi connectivity index (χ1v) is 7.29. The minimum Gasteiger partial charge on any atom is -0.339 e. The topological polar surface area (TPSA) is 46.3 Å². The third-order valence-electron chi connectivity index (χ3n) is 4.42. The number of carbonyl (C=O) groups is 1. The van der Waals surface area contributed by atoms with Gasteiger partial charge in [0, 0.05) is 18.7 Å². The van der Waals surface area contributed by atoms with Crippen LogP contribution in [-0.4, -0.2) is 23.9 Å². The van der Waals surface area contributed by atoms with E-state index in [0.29, 0.717) is 5.56 Å². The van der Waals surface area contributed by atoms with Gasteiger partial charge in [0.15, 0.2) is 0 Å². The van der Waals surface area contributed by atoms with Crippen LogP contribution < -0.4 is 5.73 Å². The van der Waals surface area contributed by atoms with Crippen LogP contribution in [0.4, 0.5) is 4.39 Å². The minimum atomic E-state index is -0.280. The van der Waals surface area contributed by atoms with E-state index in [1.807, 2.05) is 6.92 Å². The number of amides is 1. The normalized spacial score (nSPS) is 24.2. The zero-order valence-corrected chi connectivity index (χ0v) is 12.2. The Labute approximate surface area is 120 Å². The van der Waals surface area contributed by atoms with Crippen molar-refractivity contribution < 1.29 is 9.18 Å². The van der Waals surface area contributed by atoms with Crippen LogP contribution >= 0.6 is 0 Å². The Morgan fingerprint density at radius 2 is 2.00 bits per heavy atom. The molecule has 1 aromatic rings. The maximum atomic E-state index is 13.8. The van der Waals surface area contributed by atoms with Gasteiger partial charge in [-0.2, -0.15) is 0 Å². The molecule has 2 N–H and O–H groups in total. The SMILES string of the molecule is CC(c1ccccc1F)N(C)C(=O)C1CCCCC1N. The first kappa shape index (κ1) is 15.0. The highest BCUT2D eigenvalue weighted by Gasteiger charge is 2.32. The second kappa shape index (κ2) is 6.35. The van der Waals surface area contributed by atoms with Crippen LogP contribution in [-0.2, 0) is 4.79 Å². The molecule has 4 heteroatoms. The number of nitrogens with zero attached hydrogens (tertiary/aromatic N) is 1. The fraction of sp³-hybridized carbons (Fsp3) is 0.562. The molecule has 1 aliphatic rings. The van der Waals surface area contributed by atoms with E-state index in [1.54, 1.807) is 30.1 Å². The van der Waals surface area contributed by atoms with E-state index >= 15 is 0 Å². The molecule has 110 valence electrons. The molecule has 0 aromatic heterocycles. The Kier molecular flexibility index (Phi) is 4.76. The number of carbonyl (C=O) groups excluding carboxylic acids is 1. The van der Waals surface area contributed by atoms with Gasteiger partial charge in [-0.1, -0.05) is 31.0 Å². The molecule has 20 heavy (non-hydrogen) atoms. The van der Waals surface area contributed by atoms with Gasteiger partial charge < -0.3 is 10.6 Å². The van der Waals surface area contributed by atoms with E-state index in [9.17, 15) is 9.18 Å². The van der Waals surface area contributed by atoms with Crippen molar-refractivity contribution in [2.75, 3.05) is 7.05 Å². The molecule has 3 atom stereocenters. The summed E-state index contributed by atoms with van der Waals surface area (Å²) in [6.07, 6.45) is 3.89. The predicted molar refractivity (Wildman–Crippen MR) is 77.5 cm³/mol. The van der Waals surface area contributed by atoms with Gasteiger partial charge >= 0.3 is 0 Å². The van der Waals surface area contributed by atoms with Crippen LogP contribution in [0.5, 0.6) is 0 Å². The van der Waals surface area contributed by atoms with Gasteiger partial charge in [-0.3, -0.25) is 4.79 Å². The minimum absolute atomic E-state index is 0.0351. The summed E-state index contributed by atoms with van der Waals surface area (Å²) < 4.78 is 13.8. The molecule has 1 fully saturated rings. The van der Waals surface area contributed by atoms with Crippen LogP contribution in [0.25, 0.3) is 0 Å². The van der Waals surface area contributed by atoms with E-state index in [1.165, 1.54) is 6.07 Å². The van der Waals surface area contributed by atoms with E-state index < -0.39 is 0 Å². The zero-order chi connectivity index (χ0) is 14.7. The number of nitrogens with two attached hydrogens (primary N) is 1. The van der Waals surface area contributed by atoms with Gasteiger partial charge in [-0.05, 0) is 25.8 Å². The highest BCUT2D eigenvalue weighted by atomic mass is 19.1.